The number of phenolic OH excluding ortho intramolecular Hbond substituents is 1. The Hall–Kier alpha value is -2.35. The van der Waals surface area contributed by atoms with Crippen LogP contribution in [0.2, 0.25) is 0 Å². The highest BCUT2D eigenvalue weighted by atomic mass is 79.9. The molecule has 1 aromatic heterocycles. The molecule has 27 heavy (non-hydrogen) atoms. The number of thiocarbonyl (C=S) groups is 1. The maximum atomic E-state index is 12.8. The van der Waals surface area contributed by atoms with Crippen molar-refractivity contribution in [1.29, 1.82) is 0 Å². The summed E-state index contributed by atoms with van der Waals surface area (Å²) in [7, 11) is 0. The minimum absolute atomic E-state index is 0.0794. The molecular formula is C20H12BrNO3S2. The number of aromatic hydroxyl groups is 1. The van der Waals surface area contributed by atoms with Gasteiger partial charge in [-0.25, -0.2) is 0 Å². The number of phenols is 1. The van der Waals surface area contributed by atoms with Crippen LogP contribution in [0.1, 0.15) is 5.76 Å². The predicted molar refractivity (Wildman–Crippen MR) is 116 cm³/mol. The summed E-state index contributed by atoms with van der Waals surface area (Å²) in [5, 5.41) is 9.65. The van der Waals surface area contributed by atoms with Gasteiger partial charge in [0.15, 0.2) is 4.32 Å². The molecule has 1 amide bonds. The highest BCUT2D eigenvalue weighted by Gasteiger charge is 2.33. The summed E-state index contributed by atoms with van der Waals surface area (Å²) in [6, 6.07) is 17.9. The van der Waals surface area contributed by atoms with Crippen LogP contribution < -0.4 is 4.90 Å². The standard InChI is InChI=1S/C20H12BrNO3S2/c21-13-6-4-12(5-7-13)17-9-8-16(25-17)11-18-19(24)22(20(26)27-18)14-2-1-3-15(23)10-14/h1-11,23H/b18-11+. The fraction of sp³-hybridized carbons (Fsp3) is 0. The highest BCUT2D eigenvalue weighted by molar-refractivity contribution is 9.10. The zero-order valence-corrected chi connectivity index (χ0v) is 17.0. The van der Waals surface area contributed by atoms with Gasteiger partial charge in [0.2, 0.25) is 0 Å². The van der Waals surface area contributed by atoms with Crippen LogP contribution in [-0.4, -0.2) is 15.3 Å². The number of nitrogens with zero attached hydrogens (tertiary/aromatic N) is 1. The third-order valence-corrected chi connectivity index (χ3v) is 5.74. The number of halogens is 1. The van der Waals surface area contributed by atoms with Gasteiger partial charge in [0.1, 0.15) is 17.3 Å². The maximum absolute atomic E-state index is 12.8. The molecule has 2 aromatic carbocycles. The molecule has 1 N–H and O–H groups in total. The number of hydrogen-bond acceptors (Lipinski definition) is 5. The number of carbonyl (C=O) groups is 1. The van der Waals surface area contributed by atoms with Crippen LogP contribution >= 0.6 is 39.9 Å². The second-order valence-corrected chi connectivity index (χ2v) is 8.34. The van der Waals surface area contributed by atoms with E-state index in [1.54, 1.807) is 24.3 Å². The Morgan fingerprint density at radius 3 is 2.63 bits per heavy atom. The van der Waals surface area contributed by atoms with Crippen molar-refractivity contribution in [1.82, 2.24) is 0 Å². The first kappa shape index (κ1) is 18.0. The van der Waals surface area contributed by atoms with Crippen LogP contribution in [0.4, 0.5) is 5.69 Å². The lowest BCUT2D eigenvalue weighted by molar-refractivity contribution is -0.113. The Kier molecular flexibility index (Phi) is 4.90. The molecule has 0 spiro atoms. The summed E-state index contributed by atoms with van der Waals surface area (Å²) < 4.78 is 7.26. The van der Waals surface area contributed by atoms with Crippen LogP contribution in [0.15, 0.2) is 74.5 Å². The van der Waals surface area contributed by atoms with E-state index in [0.29, 0.717) is 20.7 Å². The molecule has 0 bridgehead atoms. The van der Waals surface area contributed by atoms with Gasteiger partial charge in [-0.1, -0.05) is 58.1 Å². The van der Waals surface area contributed by atoms with Crippen molar-refractivity contribution in [3.63, 3.8) is 0 Å². The third-order valence-electron chi connectivity index (χ3n) is 3.91. The van der Waals surface area contributed by atoms with Crippen LogP contribution in [0.3, 0.4) is 0 Å². The molecule has 1 aliphatic rings. The molecular weight excluding hydrogens is 446 g/mol. The molecule has 4 rings (SSSR count). The Morgan fingerprint density at radius 1 is 1.11 bits per heavy atom. The predicted octanol–water partition coefficient (Wildman–Crippen LogP) is 5.82. The number of thioether (sulfide) groups is 1. The summed E-state index contributed by atoms with van der Waals surface area (Å²) >= 11 is 9.96. The molecule has 4 nitrogen and oxygen atoms in total. The topological polar surface area (TPSA) is 53.7 Å². The number of hydrogen-bond donors (Lipinski definition) is 1. The van der Waals surface area contributed by atoms with Crippen LogP contribution in [0, 0.1) is 0 Å². The smallest absolute Gasteiger partial charge is 0.270 e. The Morgan fingerprint density at radius 2 is 1.89 bits per heavy atom. The van der Waals surface area contributed by atoms with Gasteiger partial charge < -0.3 is 9.52 Å². The summed E-state index contributed by atoms with van der Waals surface area (Å²) in [5.41, 5.74) is 1.49. The second-order valence-electron chi connectivity index (χ2n) is 5.75. The SMILES string of the molecule is O=C1/C(=C\c2ccc(-c3ccc(Br)cc3)o2)SC(=S)N1c1cccc(O)c1. The molecule has 1 fully saturated rings. The van der Waals surface area contributed by atoms with E-state index >= 15 is 0 Å². The summed E-state index contributed by atoms with van der Waals surface area (Å²) in [6.45, 7) is 0. The molecule has 7 heteroatoms. The van der Waals surface area contributed by atoms with E-state index in [-0.39, 0.29) is 11.7 Å². The first-order valence-electron chi connectivity index (χ1n) is 7.94. The van der Waals surface area contributed by atoms with Gasteiger partial charge in [0.25, 0.3) is 5.91 Å². The van der Waals surface area contributed by atoms with E-state index in [1.807, 2.05) is 36.4 Å². The molecule has 0 radical (unpaired) electrons. The van der Waals surface area contributed by atoms with Crippen molar-refractivity contribution in [3.05, 3.63) is 75.8 Å². The average Bonchev–Trinajstić information content (AvgIpc) is 3.21. The molecule has 3 aromatic rings. The van der Waals surface area contributed by atoms with E-state index in [1.165, 1.54) is 22.7 Å². The number of amides is 1. The second kappa shape index (κ2) is 7.34. The van der Waals surface area contributed by atoms with Gasteiger partial charge in [0, 0.05) is 22.2 Å². The minimum Gasteiger partial charge on any atom is -0.508 e. The lowest BCUT2D eigenvalue weighted by Crippen LogP contribution is -2.27. The van der Waals surface area contributed by atoms with Crippen molar-refractivity contribution >= 4 is 61.9 Å². The quantitative estimate of drug-likeness (QED) is 0.396. The van der Waals surface area contributed by atoms with Gasteiger partial charge >= 0.3 is 0 Å². The molecule has 134 valence electrons. The van der Waals surface area contributed by atoms with Crippen molar-refractivity contribution in [2.45, 2.75) is 0 Å². The highest BCUT2D eigenvalue weighted by Crippen LogP contribution is 2.37. The number of anilines is 1. The van der Waals surface area contributed by atoms with E-state index in [4.69, 9.17) is 16.6 Å². The van der Waals surface area contributed by atoms with Crippen molar-refractivity contribution in [3.8, 4) is 17.1 Å². The molecule has 0 aliphatic carbocycles. The molecule has 1 aliphatic heterocycles. The monoisotopic (exact) mass is 457 g/mol. The summed E-state index contributed by atoms with van der Waals surface area (Å²) in [5.74, 6) is 1.13. The molecule has 1 saturated heterocycles. The lowest BCUT2D eigenvalue weighted by Gasteiger charge is -2.14. The zero-order chi connectivity index (χ0) is 19.0. The van der Waals surface area contributed by atoms with Crippen LogP contribution in [-0.2, 0) is 4.79 Å². The van der Waals surface area contributed by atoms with Gasteiger partial charge in [-0.3, -0.25) is 9.69 Å². The van der Waals surface area contributed by atoms with E-state index < -0.39 is 0 Å². The fourth-order valence-corrected chi connectivity index (χ4v) is 4.19. The minimum atomic E-state index is -0.239. The lowest BCUT2D eigenvalue weighted by atomic mass is 10.2. The van der Waals surface area contributed by atoms with Gasteiger partial charge in [-0.05, 0) is 36.4 Å². The first-order chi connectivity index (χ1) is 13.0. The van der Waals surface area contributed by atoms with E-state index in [2.05, 4.69) is 15.9 Å². The Balaban J connectivity index is 1.61. The van der Waals surface area contributed by atoms with E-state index in [9.17, 15) is 9.90 Å². The van der Waals surface area contributed by atoms with Crippen LogP contribution in [0.5, 0.6) is 5.75 Å². The van der Waals surface area contributed by atoms with Gasteiger partial charge in [0.05, 0.1) is 10.6 Å². The Bertz CT molecular complexity index is 1070. The number of carbonyl (C=O) groups excluding carboxylic acids is 1. The average molecular weight is 458 g/mol. The zero-order valence-electron chi connectivity index (χ0n) is 13.8. The van der Waals surface area contributed by atoms with Crippen molar-refractivity contribution in [2.24, 2.45) is 0 Å². The number of furan rings is 1. The molecule has 0 atom stereocenters. The summed E-state index contributed by atoms with van der Waals surface area (Å²) in [4.78, 5) is 14.6. The summed E-state index contributed by atoms with van der Waals surface area (Å²) in [6.07, 6.45) is 1.68. The third kappa shape index (κ3) is 3.71. The van der Waals surface area contributed by atoms with E-state index in [0.717, 1.165) is 15.8 Å². The number of rotatable bonds is 3. The largest absolute Gasteiger partial charge is 0.508 e. The van der Waals surface area contributed by atoms with Crippen LogP contribution in [0.25, 0.3) is 17.4 Å². The maximum Gasteiger partial charge on any atom is 0.270 e. The molecule has 0 unspecified atom stereocenters. The normalized spacial score (nSPS) is 15.7. The van der Waals surface area contributed by atoms with Gasteiger partial charge in [-0.2, -0.15) is 0 Å². The Labute approximate surface area is 173 Å². The first-order valence-corrected chi connectivity index (χ1v) is 9.96. The van der Waals surface area contributed by atoms with Crippen molar-refractivity contribution in [2.75, 3.05) is 4.90 Å². The molecule has 2 heterocycles. The number of benzene rings is 2. The van der Waals surface area contributed by atoms with Crippen molar-refractivity contribution < 1.29 is 14.3 Å². The molecule has 0 saturated carbocycles. The fourth-order valence-electron chi connectivity index (χ4n) is 2.65. The van der Waals surface area contributed by atoms with Gasteiger partial charge in [-0.15, -0.1) is 0 Å².